The molecule has 5 nitrogen and oxygen atoms in total. The maximum atomic E-state index is 12.0. The van der Waals surface area contributed by atoms with Gasteiger partial charge in [-0.15, -0.1) is 0 Å². The van der Waals surface area contributed by atoms with Gasteiger partial charge in [0, 0.05) is 32.8 Å². The number of likely N-dealkylation sites (tertiary alicyclic amines) is 1. The molecule has 3 rings (SSSR count). The first kappa shape index (κ1) is 15.5. The minimum atomic E-state index is -0.476. The molecule has 5 heteroatoms. The van der Waals surface area contributed by atoms with Crippen molar-refractivity contribution in [2.75, 3.05) is 32.8 Å². The molecular formula is C17H24N2O3. The molecule has 1 N–H and O–H groups in total. The Kier molecular flexibility index (Phi) is 4.76. The van der Waals surface area contributed by atoms with E-state index in [1.807, 2.05) is 6.92 Å². The third-order valence-corrected chi connectivity index (χ3v) is 4.67. The summed E-state index contributed by atoms with van der Waals surface area (Å²) < 4.78 is 5.18. The molecular weight excluding hydrogens is 280 g/mol. The number of rotatable bonds is 4. The molecule has 120 valence electrons. The van der Waals surface area contributed by atoms with E-state index in [1.54, 1.807) is 4.90 Å². The molecule has 2 aliphatic rings. The van der Waals surface area contributed by atoms with Gasteiger partial charge in [0.2, 0.25) is 5.91 Å². The van der Waals surface area contributed by atoms with Gasteiger partial charge in [-0.1, -0.05) is 24.3 Å². The van der Waals surface area contributed by atoms with Crippen molar-refractivity contribution in [3.63, 3.8) is 0 Å². The summed E-state index contributed by atoms with van der Waals surface area (Å²) in [5, 5.41) is 10.4. The molecule has 2 aliphatic heterocycles. The lowest BCUT2D eigenvalue weighted by Crippen LogP contribution is -2.46. The number of benzene rings is 1. The van der Waals surface area contributed by atoms with Gasteiger partial charge in [0.25, 0.3) is 0 Å². The predicted octanol–water partition coefficient (Wildman–Crippen LogP) is 0.653. The molecule has 0 saturated carbocycles. The number of carbonyl (C=O) groups is 1. The van der Waals surface area contributed by atoms with Crippen molar-refractivity contribution in [2.24, 2.45) is 0 Å². The van der Waals surface area contributed by atoms with Crippen molar-refractivity contribution in [3.05, 3.63) is 35.4 Å². The van der Waals surface area contributed by atoms with Gasteiger partial charge in [-0.2, -0.15) is 0 Å². The van der Waals surface area contributed by atoms with Crippen molar-refractivity contribution in [3.8, 4) is 0 Å². The van der Waals surface area contributed by atoms with Crippen LogP contribution in [-0.2, 0) is 22.5 Å². The maximum Gasteiger partial charge on any atom is 0.248 e. The van der Waals surface area contributed by atoms with Crippen molar-refractivity contribution >= 4 is 5.91 Å². The van der Waals surface area contributed by atoms with E-state index in [0.717, 1.165) is 19.5 Å². The summed E-state index contributed by atoms with van der Waals surface area (Å²) in [6.07, 6.45) is 0.530. The Hall–Kier alpha value is -1.43. The molecule has 0 unspecified atom stereocenters. The van der Waals surface area contributed by atoms with Gasteiger partial charge in [-0.05, 0) is 24.5 Å². The predicted molar refractivity (Wildman–Crippen MR) is 83.4 cm³/mol. The van der Waals surface area contributed by atoms with Gasteiger partial charge in [0.15, 0.2) is 0 Å². The van der Waals surface area contributed by atoms with Crippen LogP contribution in [0.1, 0.15) is 18.1 Å². The van der Waals surface area contributed by atoms with Crippen LogP contribution < -0.4 is 0 Å². The lowest BCUT2D eigenvalue weighted by molar-refractivity contribution is -0.135. The van der Waals surface area contributed by atoms with E-state index in [-0.39, 0.29) is 18.6 Å². The number of β-amino-alcohol motifs (C(OH)–C–C–N with tert-alkyl or cyclic N) is 1. The van der Waals surface area contributed by atoms with Crippen molar-refractivity contribution in [2.45, 2.75) is 32.0 Å². The average Bonchev–Trinajstić information content (AvgIpc) is 2.94. The highest BCUT2D eigenvalue weighted by molar-refractivity contribution is 5.77. The summed E-state index contributed by atoms with van der Waals surface area (Å²) in [6.45, 7) is 5.31. The van der Waals surface area contributed by atoms with E-state index in [1.165, 1.54) is 11.1 Å². The van der Waals surface area contributed by atoms with Crippen molar-refractivity contribution < 1.29 is 14.6 Å². The third-order valence-electron chi connectivity index (χ3n) is 4.67. The summed E-state index contributed by atoms with van der Waals surface area (Å²) in [4.78, 5) is 16.1. The topological polar surface area (TPSA) is 53.0 Å². The number of nitrogens with zero attached hydrogens (tertiary/aromatic N) is 2. The number of aliphatic hydroxyl groups excluding tert-OH is 1. The van der Waals surface area contributed by atoms with E-state index >= 15 is 0 Å². The Balaban J connectivity index is 1.63. The van der Waals surface area contributed by atoms with Gasteiger partial charge in [-0.3, -0.25) is 9.69 Å². The first-order valence-electron chi connectivity index (χ1n) is 8.03. The van der Waals surface area contributed by atoms with Crippen LogP contribution in [0.4, 0.5) is 0 Å². The largest absolute Gasteiger partial charge is 0.390 e. The zero-order valence-corrected chi connectivity index (χ0v) is 13.1. The second-order valence-electron chi connectivity index (χ2n) is 6.06. The lowest BCUT2D eigenvalue weighted by Gasteiger charge is -2.34. The number of aliphatic hydroxyl groups is 1. The fourth-order valence-electron chi connectivity index (χ4n) is 3.41. The van der Waals surface area contributed by atoms with Gasteiger partial charge >= 0.3 is 0 Å². The standard InChI is InChI=1S/C17H24N2O3/c1-2-22-12-17(21)19-10-15(16(20)11-19)18-8-7-13-5-3-4-6-14(13)9-18/h3-6,15-16,20H,2,7-12H2,1H3/t15-,16-/m1/s1. The zero-order chi connectivity index (χ0) is 15.5. The van der Waals surface area contributed by atoms with Crippen molar-refractivity contribution in [1.29, 1.82) is 0 Å². The van der Waals surface area contributed by atoms with Crippen LogP contribution in [0, 0.1) is 0 Å². The second kappa shape index (κ2) is 6.77. The van der Waals surface area contributed by atoms with Crippen LogP contribution in [0.3, 0.4) is 0 Å². The van der Waals surface area contributed by atoms with Gasteiger partial charge < -0.3 is 14.7 Å². The number of ether oxygens (including phenoxy) is 1. The Morgan fingerprint density at radius 1 is 1.32 bits per heavy atom. The third kappa shape index (κ3) is 3.16. The monoisotopic (exact) mass is 304 g/mol. The molecule has 2 atom stereocenters. The first-order chi connectivity index (χ1) is 10.7. The average molecular weight is 304 g/mol. The van der Waals surface area contributed by atoms with Crippen LogP contribution in [-0.4, -0.2) is 65.8 Å². The van der Waals surface area contributed by atoms with Gasteiger partial charge in [-0.25, -0.2) is 0 Å². The molecule has 0 aliphatic carbocycles. The molecule has 0 spiro atoms. The van der Waals surface area contributed by atoms with Crippen LogP contribution in [0.5, 0.6) is 0 Å². The quantitative estimate of drug-likeness (QED) is 0.887. The SMILES string of the molecule is CCOCC(=O)N1C[C@@H](O)[C@H](N2CCc3ccccc3C2)C1. The summed E-state index contributed by atoms with van der Waals surface area (Å²) in [5.41, 5.74) is 2.73. The van der Waals surface area contributed by atoms with E-state index in [2.05, 4.69) is 29.2 Å². The molecule has 0 bridgehead atoms. The minimum Gasteiger partial charge on any atom is -0.390 e. The van der Waals surface area contributed by atoms with Crippen LogP contribution >= 0.6 is 0 Å². The Bertz CT molecular complexity index is 534. The highest BCUT2D eigenvalue weighted by Crippen LogP contribution is 2.24. The number of fused-ring (bicyclic) bond motifs is 1. The molecule has 0 aromatic heterocycles. The van der Waals surface area contributed by atoms with E-state index in [4.69, 9.17) is 4.74 Å². The van der Waals surface area contributed by atoms with Gasteiger partial charge in [0.1, 0.15) is 6.61 Å². The molecule has 1 aromatic carbocycles. The van der Waals surface area contributed by atoms with Crippen LogP contribution in [0.2, 0.25) is 0 Å². The first-order valence-corrected chi connectivity index (χ1v) is 8.03. The van der Waals surface area contributed by atoms with Gasteiger partial charge in [0.05, 0.1) is 12.1 Å². The highest BCUT2D eigenvalue weighted by atomic mass is 16.5. The molecule has 1 saturated heterocycles. The number of hydrogen-bond acceptors (Lipinski definition) is 4. The Morgan fingerprint density at radius 3 is 2.86 bits per heavy atom. The fourth-order valence-corrected chi connectivity index (χ4v) is 3.41. The number of hydrogen-bond donors (Lipinski definition) is 1. The van der Waals surface area contributed by atoms with E-state index in [0.29, 0.717) is 19.7 Å². The van der Waals surface area contributed by atoms with E-state index < -0.39 is 6.10 Å². The van der Waals surface area contributed by atoms with E-state index in [9.17, 15) is 9.90 Å². The maximum absolute atomic E-state index is 12.0. The Morgan fingerprint density at radius 2 is 2.09 bits per heavy atom. The molecule has 0 radical (unpaired) electrons. The smallest absolute Gasteiger partial charge is 0.248 e. The Labute approximate surface area is 131 Å². The molecule has 2 heterocycles. The highest BCUT2D eigenvalue weighted by Gasteiger charge is 2.38. The summed E-state index contributed by atoms with van der Waals surface area (Å²) >= 11 is 0. The number of amides is 1. The fraction of sp³-hybridized carbons (Fsp3) is 0.588. The summed E-state index contributed by atoms with van der Waals surface area (Å²) in [7, 11) is 0. The number of carbonyl (C=O) groups excluding carboxylic acids is 1. The molecule has 1 fully saturated rings. The molecule has 22 heavy (non-hydrogen) atoms. The van der Waals surface area contributed by atoms with Crippen molar-refractivity contribution in [1.82, 2.24) is 9.80 Å². The lowest BCUT2D eigenvalue weighted by atomic mass is 9.98. The second-order valence-corrected chi connectivity index (χ2v) is 6.06. The summed E-state index contributed by atoms with van der Waals surface area (Å²) in [5.74, 6) is -0.0270. The van der Waals surface area contributed by atoms with Crippen LogP contribution in [0.25, 0.3) is 0 Å². The minimum absolute atomic E-state index is 0.0268. The molecule has 1 aromatic rings. The summed E-state index contributed by atoms with van der Waals surface area (Å²) in [6, 6.07) is 8.49. The molecule has 1 amide bonds. The normalized spacial score (nSPS) is 25.3. The zero-order valence-electron chi connectivity index (χ0n) is 13.1. The van der Waals surface area contributed by atoms with Crippen LogP contribution in [0.15, 0.2) is 24.3 Å².